The third-order valence-electron chi connectivity index (χ3n) is 3.44. The van der Waals surface area contributed by atoms with Crippen molar-refractivity contribution in [3.8, 4) is 0 Å². The predicted octanol–water partition coefficient (Wildman–Crippen LogP) is 2.13. The summed E-state index contributed by atoms with van der Waals surface area (Å²) in [7, 11) is 0. The topological polar surface area (TPSA) is 67.6 Å². The number of rotatable bonds is 3. The monoisotopic (exact) mass is 222 g/mol. The molecule has 0 spiro atoms. The molecular weight excluding hydrogens is 200 g/mol. The maximum atomic E-state index is 6.20. The SMILES string of the molecule is CCCc1nc(C2CCCCCC2N)n[nH]1. The molecule has 3 N–H and O–H groups in total. The number of aromatic nitrogens is 3. The summed E-state index contributed by atoms with van der Waals surface area (Å²) in [5.74, 6) is 2.32. The summed E-state index contributed by atoms with van der Waals surface area (Å²) in [6.45, 7) is 2.15. The van der Waals surface area contributed by atoms with Crippen molar-refractivity contribution in [2.75, 3.05) is 0 Å². The summed E-state index contributed by atoms with van der Waals surface area (Å²) in [5, 5.41) is 7.36. The van der Waals surface area contributed by atoms with E-state index in [2.05, 4.69) is 22.1 Å². The first-order chi connectivity index (χ1) is 7.81. The minimum atomic E-state index is 0.243. The van der Waals surface area contributed by atoms with Crippen LogP contribution in [0.1, 0.15) is 63.0 Å². The van der Waals surface area contributed by atoms with Crippen LogP contribution in [0.3, 0.4) is 0 Å². The van der Waals surface area contributed by atoms with Crippen LogP contribution < -0.4 is 5.73 Å². The van der Waals surface area contributed by atoms with E-state index >= 15 is 0 Å². The van der Waals surface area contributed by atoms with E-state index in [9.17, 15) is 0 Å². The molecule has 1 aliphatic rings. The average molecular weight is 222 g/mol. The molecular formula is C12H22N4. The molecule has 1 fully saturated rings. The van der Waals surface area contributed by atoms with Crippen molar-refractivity contribution in [2.24, 2.45) is 5.73 Å². The van der Waals surface area contributed by atoms with Gasteiger partial charge in [-0.05, 0) is 19.3 Å². The molecule has 1 aromatic rings. The lowest BCUT2D eigenvalue weighted by molar-refractivity contribution is 0.484. The highest BCUT2D eigenvalue weighted by Gasteiger charge is 2.25. The zero-order valence-electron chi connectivity index (χ0n) is 10.1. The van der Waals surface area contributed by atoms with Gasteiger partial charge in [0.15, 0.2) is 5.82 Å². The Morgan fingerprint density at radius 2 is 2.12 bits per heavy atom. The molecule has 4 heteroatoms. The van der Waals surface area contributed by atoms with Crippen LogP contribution in [0.2, 0.25) is 0 Å². The number of hydrogen-bond acceptors (Lipinski definition) is 3. The first kappa shape index (κ1) is 11.6. The van der Waals surface area contributed by atoms with Gasteiger partial charge in [0.1, 0.15) is 5.82 Å². The molecule has 16 heavy (non-hydrogen) atoms. The van der Waals surface area contributed by atoms with Gasteiger partial charge >= 0.3 is 0 Å². The van der Waals surface area contributed by atoms with Gasteiger partial charge in [0.25, 0.3) is 0 Å². The molecule has 2 atom stereocenters. The Kier molecular flexibility index (Phi) is 3.93. The van der Waals surface area contributed by atoms with Crippen molar-refractivity contribution >= 4 is 0 Å². The minimum Gasteiger partial charge on any atom is -0.327 e. The second-order valence-corrected chi connectivity index (χ2v) is 4.80. The lowest BCUT2D eigenvalue weighted by Crippen LogP contribution is -2.28. The Balaban J connectivity index is 2.08. The van der Waals surface area contributed by atoms with E-state index in [-0.39, 0.29) is 6.04 Å². The number of nitrogens with zero attached hydrogens (tertiary/aromatic N) is 2. The van der Waals surface area contributed by atoms with Crippen molar-refractivity contribution in [2.45, 2.75) is 63.8 Å². The Morgan fingerprint density at radius 3 is 2.94 bits per heavy atom. The fourth-order valence-corrected chi connectivity index (χ4v) is 2.48. The summed E-state index contributed by atoms with van der Waals surface area (Å²) in [4.78, 5) is 4.57. The van der Waals surface area contributed by atoms with Gasteiger partial charge in [0, 0.05) is 18.4 Å². The molecule has 0 bridgehead atoms. The average Bonchev–Trinajstić information content (AvgIpc) is 2.61. The van der Waals surface area contributed by atoms with Crippen LogP contribution in [0, 0.1) is 0 Å². The van der Waals surface area contributed by atoms with Gasteiger partial charge in [-0.3, -0.25) is 5.10 Å². The lowest BCUT2D eigenvalue weighted by Gasteiger charge is -2.17. The summed E-state index contributed by atoms with van der Waals surface area (Å²) >= 11 is 0. The molecule has 1 saturated carbocycles. The molecule has 1 aromatic heterocycles. The fourth-order valence-electron chi connectivity index (χ4n) is 2.48. The summed E-state index contributed by atoms with van der Waals surface area (Å²) in [5.41, 5.74) is 6.20. The molecule has 90 valence electrons. The normalized spacial score (nSPS) is 26.6. The highest BCUT2D eigenvalue weighted by molar-refractivity contribution is 5.03. The van der Waals surface area contributed by atoms with Crippen molar-refractivity contribution < 1.29 is 0 Å². The zero-order chi connectivity index (χ0) is 11.4. The molecule has 0 amide bonds. The fraction of sp³-hybridized carbons (Fsp3) is 0.833. The Hall–Kier alpha value is -0.900. The van der Waals surface area contributed by atoms with E-state index < -0.39 is 0 Å². The molecule has 4 nitrogen and oxygen atoms in total. The second kappa shape index (κ2) is 5.43. The van der Waals surface area contributed by atoms with Crippen LogP contribution in [-0.2, 0) is 6.42 Å². The summed E-state index contributed by atoms with van der Waals surface area (Å²) in [6, 6.07) is 0.243. The lowest BCUT2D eigenvalue weighted by atomic mass is 9.95. The van der Waals surface area contributed by atoms with Crippen LogP contribution >= 0.6 is 0 Å². The molecule has 0 aliphatic heterocycles. The Bertz CT molecular complexity index is 321. The number of aromatic amines is 1. The second-order valence-electron chi connectivity index (χ2n) is 4.80. The Morgan fingerprint density at radius 1 is 1.31 bits per heavy atom. The minimum absolute atomic E-state index is 0.243. The molecule has 2 rings (SSSR count). The largest absolute Gasteiger partial charge is 0.327 e. The number of H-pyrrole nitrogens is 1. The molecule has 1 aliphatic carbocycles. The van der Waals surface area contributed by atoms with Crippen molar-refractivity contribution in [1.29, 1.82) is 0 Å². The maximum Gasteiger partial charge on any atom is 0.155 e. The number of nitrogens with one attached hydrogen (secondary N) is 1. The van der Waals surface area contributed by atoms with Crippen molar-refractivity contribution in [3.63, 3.8) is 0 Å². The van der Waals surface area contributed by atoms with Crippen LogP contribution in [0.15, 0.2) is 0 Å². The zero-order valence-corrected chi connectivity index (χ0v) is 10.1. The number of aryl methyl sites for hydroxylation is 1. The predicted molar refractivity (Wildman–Crippen MR) is 64.2 cm³/mol. The van der Waals surface area contributed by atoms with E-state index in [4.69, 9.17) is 5.73 Å². The van der Waals surface area contributed by atoms with Crippen molar-refractivity contribution in [1.82, 2.24) is 15.2 Å². The van der Waals surface area contributed by atoms with Gasteiger partial charge in [-0.1, -0.05) is 26.2 Å². The van der Waals surface area contributed by atoms with Gasteiger partial charge in [-0.25, -0.2) is 4.98 Å². The van der Waals surface area contributed by atoms with E-state index in [1.165, 1.54) is 19.3 Å². The number of nitrogens with two attached hydrogens (primary N) is 1. The van der Waals surface area contributed by atoms with Gasteiger partial charge < -0.3 is 5.73 Å². The third kappa shape index (κ3) is 2.61. The maximum absolute atomic E-state index is 6.20. The highest BCUT2D eigenvalue weighted by atomic mass is 15.2. The standard InChI is InChI=1S/C12H22N4/c1-2-6-11-14-12(16-15-11)9-7-4-3-5-8-10(9)13/h9-10H,2-8,13H2,1H3,(H,14,15,16). The first-order valence-electron chi connectivity index (χ1n) is 6.48. The molecule has 0 saturated heterocycles. The van der Waals surface area contributed by atoms with Gasteiger partial charge in [0.2, 0.25) is 0 Å². The van der Waals surface area contributed by atoms with Crippen LogP contribution in [0.25, 0.3) is 0 Å². The Labute approximate surface area is 97.0 Å². The van der Waals surface area contributed by atoms with E-state index in [0.717, 1.165) is 37.3 Å². The summed E-state index contributed by atoms with van der Waals surface area (Å²) in [6.07, 6.45) is 8.16. The smallest absolute Gasteiger partial charge is 0.155 e. The molecule has 2 unspecified atom stereocenters. The molecule has 0 aromatic carbocycles. The van der Waals surface area contributed by atoms with Crippen LogP contribution in [0.5, 0.6) is 0 Å². The first-order valence-corrected chi connectivity index (χ1v) is 6.48. The van der Waals surface area contributed by atoms with Crippen LogP contribution in [0.4, 0.5) is 0 Å². The molecule has 0 radical (unpaired) electrons. The highest BCUT2D eigenvalue weighted by Crippen LogP contribution is 2.28. The number of hydrogen-bond donors (Lipinski definition) is 2. The van der Waals surface area contributed by atoms with E-state index in [1.54, 1.807) is 0 Å². The van der Waals surface area contributed by atoms with Crippen LogP contribution in [-0.4, -0.2) is 21.2 Å². The van der Waals surface area contributed by atoms with E-state index in [1.807, 2.05) is 0 Å². The third-order valence-corrected chi connectivity index (χ3v) is 3.44. The van der Waals surface area contributed by atoms with Gasteiger partial charge in [-0.2, -0.15) is 5.10 Å². The summed E-state index contributed by atoms with van der Waals surface area (Å²) < 4.78 is 0. The van der Waals surface area contributed by atoms with Crippen molar-refractivity contribution in [3.05, 3.63) is 11.6 Å². The van der Waals surface area contributed by atoms with Gasteiger partial charge in [-0.15, -0.1) is 0 Å². The molecule has 1 heterocycles. The quantitative estimate of drug-likeness (QED) is 0.770. The van der Waals surface area contributed by atoms with Gasteiger partial charge in [0.05, 0.1) is 0 Å². The van der Waals surface area contributed by atoms with E-state index in [0.29, 0.717) is 5.92 Å².